The van der Waals surface area contributed by atoms with E-state index in [0.717, 1.165) is 12.1 Å². The van der Waals surface area contributed by atoms with Crippen LogP contribution in [0.1, 0.15) is 0 Å². The Bertz CT molecular complexity index is 969. The molecule has 0 saturated carbocycles. The molecule has 0 radical (unpaired) electrons. The highest BCUT2D eigenvalue weighted by Gasteiger charge is 2.22. The third kappa shape index (κ3) is 4.03. The summed E-state index contributed by atoms with van der Waals surface area (Å²) in [6, 6.07) is 7.82. The minimum absolute atomic E-state index is 0.0967. The number of anilines is 2. The van der Waals surface area contributed by atoms with Crippen molar-refractivity contribution in [2.24, 2.45) is 0 Å². The lowest BCUT2D eigenvalue weighted by molar-refractivity contribution is -0.120. The molecule has 0 bridgehead atoms. The molecule has 1 heterocycles. The SMILES string of the molecule is O=C1CN(c2ccc(NS(=O)(=O)c3ccc(Cl)cc3F)cc2Cl)CCN1. The highest BCUT2D eigenvalue weighted by Crippen LogP contribution is 2.30. The predicted octanol–water partition coefficient (Wildman–Crippen LogP) is 2.87. The number of nitrogens with zero attached hydrogens (tertiary/aromatic N) is 1. The number of carbonyl (C=O) groups is 1. The topological polar surface area (TPSA) is 78.5 Å². The van der Waals surface area contributed by atoms with E-state index < -0.39 is 20.7 Å². The van der Waals surface area contributed by atoms with Gasteiger partial charge in [0.1, 0.15) is 10.7 Å². The molecule has 1 fully saturated rings. The first-order valence-electron chi connectivity index (χ1n) is 7.55. The van der Waals surface area contributed by atoms with Gasteiger partial charge in [-0.25, -0.2) is 12.8 Å². The zero-order valence-corrected chi connectivity index (χ0v) is 15.6. The third-order valence-corrected chi connectivity index (χ3v) is 5.71. The number of hydrogen-bond donors (Lipinski definition) is 2. The molecule has 2 N–H and O–H groups in total. The Morgan fingerprint density at radius 3 is 2.58 bits per heavy atom. The van der Waals surface area contributed by atoms with Crippen molar-refractivity contribution in [2.45, 2.75) is 4.90 Å². The van der Waals surface area contributed by atoms with E-state index in [1.54, 1.807) is 11.0 Å². The maximum atomic E-state index is 13.9. The van der Waals surface area contributed by atoms with Crippen LogP contribution in [-0.4, -0.2) is 34.0 Å². The van der Waals surface area contributed by atoms with E-state index in [9.17, 15) is 17.6 Å². The van der Waals surface area contributed by atoms with Crippen LogP contribution in [0.3, 0.4) is 0 Å². The fourth-order valence-corrected chi connectivity index (χ4v) is 4.14. The van der Waals surface area contributed by atoms with Gasteiger partial charge >= 0.3 is 0 Å². The average molecular weight is 418 g/mol. The summed E-state index contributed by atoms with van der Waals surface area (Å²) in [6.07, 6.45) is 0. The van der Waals surface area contributed by atoms with Crippen molar-refractivity contribution in [1.82, 2.24) is 5.32 Å². The third-order valence-electron chi connectivity index (χ3n) is 3.76. The second-order valence-electron chi connectivity index (χ2n) is 5.62. The van der Waals surface area contributed by atoms with Crippen LogP contribution >= 0.6 is 23.2 Å². The van der Waals surface area contributed by atoms with Gasteiger partial charge in [0, 0.05) is 18.1 Å². The number of piperazine rings is 1. The number of nitrogens with one attached hydrogen (secondary N) is 2. The summed E-state index contributed by atoms with van der Waals surface area (Å²) >= 11 is 11.9. The average Bonchev–Trinajstić information content (AvgIpc) is 2.54. The second kappa shape index (κ2) is 7.30. The maximum absolute atomic E-state index is 13.9. The molecule has 0 unspecified atom stereocenters. The Morgan fingerprint density at radius 1 is 1.15 bits per heavy atom. The molecule has 6 nitrogen and oxygen atoms in total. The molecule has 2 aromatic rings. The molecule has 138 valence electrons. The number of amides is 1. The summed E-state index contributed by atoms with van der Waals surface area (Å²) in [5.74, 6) is -1.07. The van der Waals surface area contributed by atoms with Gasteiger partial charge in [0.05, 0.1) is 22.9 Å². The second-order valence-corrected chi connectivity index (χ2v) is 8.11. The molecule has 3 rings (SSSR count). The molecule has 10 heteroatoms. The molecule has 0 aromatic heterocycles. The number of sulfonamides is 1. The lowest BCUT2D eigenvalue weighted by Gasteiger charge is -2.29. The van der Waals surface area contributed by atoms with Crippen molar-refractivity contribution in [3.05, 3.63) is 52.3 Å². The largest absolute Gasteiger partial charge is 0.359 e. The summed E-state index contributed by atoms with van der Waals surface area (Å²) in [5.41, 5.74) is 0.789. The molecule has 0 spiro atoms. The standard InChI is InChI=1S/C16H14Cl2FN3O3S/c17-10-1-4-15(13(19)7-10)26(24,25)21-11-2-3-14(12(18)8-11)22-6-5-20-16(23)9-22/h1-4,7-8,21H,5-6,9H2,(H,20,23). The molecule has 1 amide bonds. The summed E-state index contributed by atoms with van der Waals surface area (Å²) in [7, 11) is -4.14. The lowest BCUT2D eigenvalue weighted by Crippen LogP contribution is -2.47. The van der Waals surface area contributed by atoms with Crippen LogP contribution in [0.25, 0.3) is 0 Å². The van der Waals surface area contributed by atoms with Gasteiger partial charge in [-0.2, -0.15) is 0 Å². The minimum atomic E-state index is -4.14. The first kappa shape index (κ1) is 18.8. The fourth-order valence-electron chi connectivity index (χ4n) is 2.57. The van der Waals surface area contributed by atoms with E-state index in [1.165, 1.54) is 18.2 Å². The number of benzene rings is 2. The van der Waals surface area contributed by atoms with Crippen molar-refractivity contribution >= 4 is 50.5 Å². The van der Waals surface area contributed by atoms with Gasteiger partial charge in [0.25, 0.3) is 10.0 Å². The van der Waals surface area contributed by atoms with E-state index in [2.05, 4.69) is 10.0 Å². The van der Waals surface area contributed by atoms with Gasteiger partial charge in [0.2, 0.25) is 5.91 Å². The number of carbonyl (C=O) groups excluding carboxylic acids is 1. The predicted molar refractivity (Wildman–Crippen MR) is 98.9 cm³/mol. The van der Waals surface area contributed by atoms with Crippen molar-refractivity contribution in [3.63, 3.8) is 0 Å². The fraction of sp³-hybridized carbons (Fsp3) is 0.188. The number of rotatable bonds is 4. The molecule has 1 aliphatic rings. The Morgan fingerprint density at radius 2 is 1.92 bits per heavy atom. The summed E-state index contributed by atoms with van der Waals surface area (Å²) in [5, 5.41) is 3.08. The van der Waals surface area contributed by atoms with Crippen LogP contribution < -0.4 is 14.9 Å². The lowest BCUT2D eigenvalue weighted by atomic mass is 10.2. The van der Waals surface area contributed by atoms with E-state index in [1.807, 2.05) is 0 Å². The Kier molecular flexibility index (Phi) is 5.27. The molecular weight excluding hydrogens is 404 g/mol. The Labute approximate surface area is 159 Å². The molecule has 0 aliphatic carbocycles. The van der Waals surface area contributed by atoms with E-state index in [-0.39, 0.29) is 28.2 Å². The van der Waals surface area contributed by atoms with Crippen LogP contribution in [0, 0.1) is 5.82 Å². The van der Waals surface area contributed by atoms with Gasteiger partial charge < -0.3 is 10.2 Å². The van der Waals surface area contributed by atoms with Crippen LogP contribution in [0.15, 0.2) is 41.3 Å². The van der Waals surface area contributed by atoms with Gasteiger partial charge in [-0.3, -0.25) is 9.52 Å². The summed E-state index contributed by atoms with van der Waals surface area (Å²) < 4.78 is 40.9. The summed E-state index contributed by atoms with van der Waals surface area (Å²) in [6.45, 7) is 1.26. The first-order valence-corrected chi connectivity index (χ1v) is 9.79. The molecular formula is C16H14Cl2FN3O3S. The van der Waals surface area contributed by atoms with Gasteiger partial charge in [-0.05, 0) is 36.4 Å². The van der Waals surface area contributed by atoms with Gasteiger partial charge in [-0.1, -0.05) is 23.2 Å². The van der Waals surface area contributed by atoms with Gasteiger partial charge in [0.15, 0.2) is 0 Å². The van der Waals surface area contributed by atoms with Crippen LogP contribution in [0.4, 0.5) is 15.8 Å². The van der Waals surface area contributed by atoms with E-state index >= 15 is 0 Å². The molecule has 2 aromatic carbocycles. The molecule has 0 atom stereocenters. The quantitative estimate of drug-likeness (QED) is 0.801. The van der Waals surface area contributed by atoms with Crippen LogP contribution in [-0.2, 0) is 14.8 Å². The van der Waals surface area contributed by atoms with E-state index in [0.29, 0.717) is 18.8 Å². The highest BCUT2D eigenvalue weighted by molar-refractivity contribution is 7.92. The highest BCUT2D eigenvalue weighted by atomic mass is 35.5. The zero-order valence-electron chi connectivity index (χ0n) is 13.3. The zero-order chi connectivity index (χ0) is 18.9. The molecule has 26 heavy (non-hydrogen) atoms. The minimum Gasteiger partial charge on any atom is -0.359 e. The number of hydrogen-bond acceptors (Lipinski definition) is 4. The van der Waals surface area contributed by atoms with Crippen molar-refractivity contribution < 1.29 is 17.6 Å². The van der Waals surface area contributed by atoms with Gasteiger partial charge in [-0.15, -0.1) is 0 Å². The van der Waals surface area contributed by atoms with Crippen molar-refractivity contribution in [1.29, 1.82) is 0 Å². The maximum Gasteiger partial charge on any atom is 0.264 e. The first-order chi connectivity index (χ1) is 12.3. The Hall–Kier alpha value is -2.03. The molecule has 1 saturated heterocycles. The van der Waals surface area contributed by atoms with Crippen LogP contribution in [0.2, 0.25) is 10.0 Å². The van der Waals surface area contributed by atoms with Crippen molar-refractivity contribution in [3.8, 4) is 0 Å². The molecule has 1 aliphatic heterocycles. The van der Waals surface area contributed by atoms with Crippen LogP contribution in [0.5, 0.6) is 0 Å². The summed E-state index contributed by atoms with van der Waals surface area (Å²) in [4.78, 5) is 12.8. The van der Waals surface area contributed by atoms with Crippen molar-refractivity contribution in [2.75, 3.05) is 29.3 Å². The monoisotopic (exact) mass is 417 g/mol. The Balaban J connectivity index is 1.84. The number of halogens is 3. The normalized spacial score (nSPS) is 14.9. The van der Waals surface area contributed by atoms with E-state index in [4.69, 9.17) is 23.2 Å². The smallest absolute Gasteiger partial charge is 0.264 e.